The lowest BCUT2D eigenvalue weighted by Gasteiger charge is -2.35. The van der Waals surface area contributed by atoms with Crippen LogP contribution in [0.2, 0.25) is 0 Å². The van der Waals surface area contributed by atoms with Gasteiger partial charge in [0.05, 0.1) is 6.10 Å². The molecule has 0 saturated carbocycles. The molecule has 0 aliphatic carbocycles. The SMILES string of the molecule is CC(C)Oc1ccccc1CN1CCN(C(=O)CCC(=O)c2cccnc2)CC1. The lowest BCUT2D eigenvalue weighted by molar-refractivity contribution is -0.133. The first-order valence-electron chi connectivity index (χ1n) is 10.2. The Bertz CT molecular complexity index is 815. The molecule has 3 rings (SSSR count). The number of pyridine rings is 1. The van der Waals surface area contributed by atoms with Gasteiger partial charge in [0.15, 0.2) is 5.78 Å². The summed E-state index contributed by atoms with van der Waals surface area (Å²) in [5.41, 5.74) is 1.73. The van der Waals surface area contributed by atoms with E-state index in [1.807, 2.05) is 36.9 Å². The summed E-state index contributed by atoms with van der Waals surface area (Å²) in [6.07, 6.45) is 3.80. The number of carbonyl (C=O) groups is 2. The molecule has 1 aliphatic heterocycles. The number of Topliss-reactive ketones (excluding diaryl/α,β-unsaturated/α-hetero) is 1. The zero-order valence-corrected chi connectivity index (χ0v) is 17.2. The molecule has 154 valence electrons. The fraction of sp³-hybridized carbons (Fsp3) is 0.435. The lowest BCUT2D eigenvalue weighted by Crippen LogP contribution is -2.48. The van der Waals surface area contributed by atoms with E-state index in [2.05, 4.69) is 16.0 Å². The van der Waals surface area contributed by atoms with E-state index in [1.165, 1.54) is 5.56 Å². The number of ketones is 1. The predicted octanol–water partition coefficient (Wildman–Crippen LogP) is 3.18. The van der Waals surface area contributed by atoms with Gasteiger partial charge in [-0.25, -0.2) is 0 Å². The maximum absolute atomic E-state index is 12.5. The molecule has 0 spiro atoms. The zero-order chi connectivity index (χ0) is 20.6. The third-order valence-corrected chi connectivity index (χ3v) is 5.00. The topological polar surface area (TPSA) is 62.7 Å². The predicted molar refractivity (Wildman–Crippen MR) is 112 cm³/mol. The second-order valence-electron chi connectivity index (χ2n) is 7.60. The number of hydrogen-bond acceptors (Lipinski definition) is 5. The minimum atomic E-state index is -0.0353. The summed E-state index contributed by atoms with van der Waals surface area (Å²) in [6, 6.07) is 11.6. The molecular weight excluding hydrogens is 366 g/mol. The lowest BCUT2D eigenvalue weighted by atomic mass is 10.1. The van der Waals surface area contributed by atoms with Gasteiger partial charge in [-0.1, -0.05) is 18.2 Å². The van der Waals surface area contributed by atoms with Crippen LogP contribution in [0.4, 0.5) is 0 Å². The van der Waals surface area contributed by atoms with Crippen LogP contribution in [-0.2, 0) is 11.3 Å². The van der Waals surface area contributed by atoms with Crippen molar-refractivity contribution in [1.29, 1.82) is 0 Å². The van der Waals surface area contributed by atoms with Crippen molar-refractivity contribution in [3.63, 3.8) is 0 Å². The second-order valence-corrected chi connectivity index (χ2v) is 7.60. The van der Waals surface area contributed by atoms with Crippen LogP contribution in [0.15, 0.2) is 48.8 Å². The van der Waals surface area contributed by atoms with E-state index >= 15 is 0 Å². The third-order valence-electron chi connectivity index (χ3n) is 5.00. The Labute approximate surface area is 172 Å². The highest BCUT2D eigenvalue weighted by Gasteiger charge is 2.22. The number of ether oxygens (including phenoxy) is 1. The molecule has 2 heterocycles. The van der Waals surface area contributed by atoms with Crippen molar-refractivity contribution in [2.45, 2.75) is 39.3 Å². The molecule has 1 aliphatic rings. The van der Waals surface area contributed by atoms with Gasteiger partial charge in [0.1, 0.15) is 5.75 Å². The van der Waals surface area contributed by atoms with Crippen LogP contribution in [-0.4, -0.2) is 58.8 Å². The molecule has 1 aromatic carbocycles. The van der Waals surface area contributed by atoms with Gasteiger partial charge in [-0.05, 0) is 32.0 Å². The minimum absolute atomic E-state index is 0.0353. The Balaban J connectivity index is 1.46. The summed E-state index contributed by atoms with van der Waals surface area (Å²) in [6.45, 7) is 7.88. The summed E-state index contributed by atoms with van der Waals surface area (Å²) in [5.74, 6) is 0.937. The van der Waals surface area contributed by atoms with Crippen LogP contribution < -0.4 is 4.74 Å². The molecule has 0 unspecified atom stereocenters. The highest BCUT2D eigenvalue weighted by atomic mass is 16.5. The number of hydrogen-bond donors (Lipinski definition) is 0. The summed E-state index contributed by atoms with van der Waals surface area (Å²) in [4.78, 5) is 32.8. The number of piperazine rings is 1. The van der Waals surface area contributed by atoms with E-state index in [1.54, 1.807) is 24.5 Å². The first-order chi connectivity index (χ1) is 14.0. The zero-order valence-electron chi connectivity index (χ0n) is 17.2. The number of amides is 1. The number of aromatic nitrogens is 1. The van der Waals surface area contributed by atoms with Gasteiger partial charge in [-0.15, -0.1) is 0 Å². The standard InChI is InChI=1S/C23H29N3O3/c1-18(2)29-22-8-4-3-6-20(22)17-25-12-14-26(15-13-25)23(28)10-9-21(27)19-7-5-11-24-16-19/h3-8,11,16,18H,9-10,12-15,17H2,1-2H3. The second kappa shape index (κ2) is 10.2. The molecule has 6 heteroatoms. The Morgan fingerprint density at radius 1 is 1.03 bits per heavy atom. The van der Waals surface area contributed by atoms with Gasteiger partial charge in [0, 0.05) is 69.1 Å². The monoisotopic (exact) mass is 395 g/mol. The van der Waals surface area contributed by atoms with E-state index in [9.17, 15) is 9.59 Å². The average molecular weight is 396 g/mol. The molecule has 1 saturated heterocycles. The number of carbonyl (C=O) groups excluding carboxylic acids is 2. The molecule has 2 aromatic rings. The van der Waals surface area contributed by atoms with Crippen molar-refractivity contribution >= 4 is 11.7 Å². The molecular formula is C23H29N3O3. The average Bonchev–Trinajstić information content (AvgIpc) is 2.74. The Morgan fingerprint density at radius 3 is 2.48 bits per heavy atom. The molecule has 0 bridgehead atoms. The molecule has 0 N–H and O–H groups in total. The van der Waals surface area contributed by atoms with Gasteiger partial charge in [0.2, 0.25) is 5.91 Å². The molecule has 0 radical (unpaired) electrons. The van der Waals surface area contributed by atoms with E-state index in [-0.39, 0.29) is 30.6 Å². The smallest absolute Gasteiger partial charge is 0.223 e. The summed E-state index contributed by atoms with van der Waals surface area (Å²) < 4.78 is 5.91. The molecule has 1 fully saturated rings. The van der Waals surface area contributed by atoms with E-state index in [0.717, 1.165) is 25.4 Å². The highest BCUT2D eigenvalue weighted by Crippen LogP contribution is 2.22. The summed E-state index contributed by atoms with van der Waals surface area (Å²) >= 11 is 0. The van der Waals surface area contributed by atoms with Crippen molar-refractivity contribution in [2.75, 3.05) is 26.2 Å². The Hall–Kier alpha value is -2.73. The summed E-state index contributed by atoms with van der Waals surface area (Å²) in [5, 5.41) is 0. The van der Waals surface area contributed by atoms with Crippen molar-refractivity contribution in [3.8, 4) is 5.75 Å². The van der Waals surface area contributed by atoms with Crippen LogP contribution >= 0.6 is 0 Å². The van der Waals surface area contributed by atoms with E-state index in [4.69, 9.17) is 4.74 Å². The molecule has 1 amide bonds. The van der Waals surface area contributed by atoms with Crippen molar-refractivity contribution in [3.05, 3.63) is 59.9 Å². The van der Waals surface area contributed by atoms with Gasteiger partial charge < -0.3 is 9.64 Å². The van der Waals surface area contributed by atoms with Crippen LogP contribution in [0.1, 0.15) is 42.6 Å². The first-order valence-corrected chi connectivity index (χ1v) is 10.2. The summed E-state index contributed by atoms with van der Waals surface area (Å²) in [7, 11) is 0. The van der Waals surface area contributed by atoms with Crippen LogP contribution in [0, 0.1) is 0 Å². The van der Waals surface area contributed by atoms with Gasteiger partial charge in [0.25, 0.3) is 0 Å². The van der Waals surface area contributed by atoms with Crippen LogP contribution in [0.3, 0.4) is 0 Å². The molecule has 0 atom stereocenters. The van der Waals surface area contributed by atoms with Gasteiger partial charge in [-0.2, -0.15) is 0 Å². The molecule has 1 aromatic heterocycles. The quantitative estimate of drug-likeness (QED) is 0.643. The highest BCUT2D eigenvalue weighted by molar-refractivity contribution is 5.97. The van der Waals surface area contributed by atoms with E-state index < -0.39 is 0 Å². The number of para-hydroxylation sites is 1. The molecule has 6 nitrogen and oxygen atoms in total. The number of benzene rings is 1. The van der Waals surface area contributed by atoms with Gasteiger partial charge >= 0.3 is 0 Å². The maximum Gasteiger partial charge on any atom is 0.223 e. The Morgan fingerprint density at radius 2 is 1.79 bits per heavy atom. The maximum atomic E-state index is 12.5. The fourth-order valence-corrected chi connectivity index (χ4v) is 3.45. The third kappa shape index (κ3) is 6.12. The van der Waals surface area contributed by atoms with Crippen LogP contribution in [0.25, 0.3) is 0 Å². The van der Waals surface area contributed by atoms with Crippen molar-refractivity contribution in [1.82, 2.24) is 14.8 Å². The molecule has 29 heavy (non-hydrogen) atoms. The van der Waals surface area contributed by atoms with Gasteiger partial charge in [-0.3, -0.25) is 19.5 Å². The Kier molecular flexibility index (Phi) is 7.36. The van der Waals surface area contributed by atoms with Crippen LogP contribution in [0.5, 0.6) is 5.75 Å². The first kappa shape index (κ1) is 21.0. The van der Waals surface area contributed by atoms with Crippen molar-refractivity contribution < 1.29 is 14.3 Å². The van der Waals surface area contributed by atoms with Crippen molar-refractivity contribution in [2.24, 2.45) is 0 Å². The fourth-order valence-electron chi connectivity index (χ4n) is 3.45. The largest absolute Gasteiger partial charge is 0.491 e. The number of nitrogens with zero attached hydrogens (tertiary/aromatic N) is 3. The van der Waals surface area contributed by atoms with E-state index in [0.29, 0.717) is 18.7 Å². The number of rotatable bonds is 8. The minimum Gasteiger partial charge on any atom is -0.491 e. The normalized spacial score (nSPS) is 14.8.